The summed E-state index contributed by atoms with van der Waals surface area (Å²) >= 11 is 0. The second kappa shape index (κ2) is 8.31. The minimum absolute atomic E-state index is 0.0225. The van der Waals surface area contributed by atoms with Crippen LogP contribution in [0.2, 0.25) is 0 Å². The summed E-state index contributed by atoms with van der Waals surface area (Å²) in [6, 6.07) is 11.8. The SMILES string of the molecule is O=C(O)C=CC=C(c1ccc(OC2COC2)cc1)c1ccc(C(F)(F)F)cc1. The first kappa shape index (κ1) is 19.7. The number of benzene rings is 2. The third kappa shape index (κ3) is 5.01. The van der Waals surface area contributed by atoms with Crippen LogP contribution in [0.5, 0.6) is 5.75 Å². The van der Waals surface area contributed by atoms with Crippen molar-refractivity contribution in [3.05, 3.63) is 83.4 Å². The van der Waals surface area contributed by atoms with E-state index in [1.54, 1.807) is 30.3 Å². The number of allylic oxidation sites excluding steroid dienone is 2. The second-order valence-corrected chi connectivity index (χ2v) is 6.15. The van der Waals surface area contributed by atoms with E-state index >= 15 is 0 Å². The highest BCUT2D eigenvalue weighted by molar-refractivity contribution is 5.84. The lowest BCUT2D eigenvalue weighted by atomic mass is 9.96. The quantitative estimate of drug-likeness (QED) is 0.581. The Morgan fingerprint density at radius 1 is 1.04 bits per heavy atom. The lowest BCUT2D eigenvalue weighted by Crippen LogP contribution is -2.38. The molecule has 2 aromatic carbocycles. The molecular formula is C21H17F3O4. The van der Waals surface area contributed by atoms with Gasteiger partial charge in [-0.15, -0.1) is 0 Å². The lowest BCUT2D eigenvalue weighted by Gasteiger charge is -2.26. The van der Waals surface area contributed by atoms with Crippen molar-refractivity contribution >= 4 is 11.5 Å². The van der Waals surface area contributed by atoms with Gasteiger partial charge in [0.25, 0.3) is 0 Å². The van der Waals surface area contributed by atoms with Gasteiger partial charge in [0.05, 0.1) is 18.8 Å². The molecule has 0 spiro atoms. The van der Waals surface area contributed by atoms with Crippen molar-refractivity contribution in [2.75, 3.05) is 13.2 Å². The van der Waals surface area contributed by atoms with Crippen LogP contribution in [0.4, 0.5) is 13.2 Å². The number of hydrogen-bond donors (Lipinski definition) is 1. The first-order chi connectivity index (χ1) is 13.3. The first-order valence-corrected chi connectivity index (χ1v) is 8.47. The summed E-state index contributed by atoms with van der Waals surface area (Å²) in [7, 11) is 0. The van der Waals surface area contributed by atoms with Crippen molar-refractivity contribution in [3.8, 4) is 5.75 Å². The molecule has 1 N–H and O–H groups in total. The van der Waals surface area contributed by atoms with Crippen molar-refractivity contribution < 1.29 is 32.5 Å². The minimum Gasteiger partial charge on any atom is -0.486 e. The number of alkyl halides is 3. The number of carbonyl (C=O) groups is 1. The molecule has 0 amide bonds. The highest BCUT2D eigenvalue weighted by atomic mass is 19.4. The molecule has 0 bridgehead atoms. The number of hydrogen-bond acceptors (Lipinski definition) is 3. The van der Waals surface area contributed by atoms with Crippen LogP contribution in [0.15, 0.2) is 66.8 Å². The summed E-state index contributed by atoms with van der Waals surface area (Å²) in [5, 5.41) is 8.77. The van der Waals surface area contributed by atoms with Crippen molar-refractivity contribution in [2.45, 2.75) is 12.3 Å². The molecule has 0 saturated carbocycles. The van der Waals surface area contributed by atoms with Crippen LogP contribution in [0, 0.1) is 0 Å². The maximum atomic E-state index is 12.8. The molecule has 0 atom stereocenters. The maximum Gasteiger partial charge on any atom is 0.416 e. The van der Waals surface area contributed by atoms with Gasteiger partial charge < -0.3 is 14.6 Å². The Morgan fingerprint density at radius 2 is 1.61 bits per heavy atom. The van der Waals surface area contributed by atoms with Gasteiger partial charge in [0, 0.05) is 6.08 Å². The molecule has 0 radical (unpaired) electrons. The molecule has 1 saturated heterocycles. The monoisotopic (exact) mass is 390 g/mol. The van der Waals surface area contributed by atoms with Gasteiger partial charge in [-0.25, -0.2) is 4.79 Å². The number of halogens is 3. The molecule has 146 valence electrons. The highest BCUT2D eigenvalue weighted by Gasteiger charge is 2.30. The molecular weight excluding hydrogens is 373 g/mol. The topological polar surface area (TPSA) is 55.8 Å². The molecule has 3 rings (SSSR count). The molecule has 0 unspecified atom stereocenters. The predicted molar refractivity (Wildman–Crippen MR) is 97.0 cm³/mol. The van der Waals surface area contributed by atoms with E-state index in [0.717, 1.165) is 18.2 Å². The van der Waals surface area contributed by atoms with E-state index in [2.05, 4.69) is 0 Å². The standard InChI is InChI=1S/C21H17F3O4/c22-21(23,24)16-8-4-14(5-9-16)19(2-1-3-20(25)26)15-6-10-17(11-7-15)28-18-12-27-13-18/h1-11,18H,12-13H2,(H,25,26). The average Bonchev–Trinajstić information content (AvgIpc) is 2.62. The summed E-state index contributed by atoms with van der Waals surface area (Å²) in [6.07, 6.45) is -0.555. The van der Waals surface area contributed by atoms with Crippen LogP contribution in [0.25, 0.3) is 5.57 Å². The van der Waals surface area contributed by atoms with Crippen LogP contribution < -0.4 is 4.74 Å². The van der Waals surface area contributed by atoms with Crippen LogP contribution in [0.1, 0.15) is 16.7 Å². The Kier molecular flexibility index (Phi) is 5.84. The fourth-order valence-electron chi connectivity index (χ4n) is 2.61. The maximum absolute atomic E-state index is 12.8. The van der Waals surface area contributed by atoms with E-state index < -0.39 is 17.7 Å². The smallest absolute Gasteiger partial charge is 0.416 e. The van der Waals surface area contributed by atoms with E-state index in [4.69, 9.17) is 14.6 Å². The number of rotatable bonds is 6. The summed E-state index contributed by atoms with van der Waals surface area (Å²) in [6.45, 7) is 1.08. The molecule has 1 heterocycles. The van der Waals surface area contributed by atoms with Gasteiger partial charge in [0.1, 0.15) is 11.9 Å². The van der Waals surface area contributed by atoms with Gasteiger partial charge >= 0.3 is 12.1 Å². The number of carboxylic acid groups (broad SMARTS) is 1. The predicted octanol–water partition coefficient (Wildman–Crippen LogP) is 4.56. The lowest BCUT2D eigenvalue weighted by molar-refractivity contribution is -0.137. The second-order valence-electron chi connectivity index (χ2n) is 6.15. The van der Waals surface area contributed by atoms with Gasteiger partial charge in [-0.1, -0.05) is 36.4 Å². The van der Waals surface area contributed by atoms with E-state index in [9.17, 15) is 18.0 Å². The zero-order chi connectivity index (χ0) is 20.1. The van der Waals surface area contributed by atoms with Crippen molar-refractivity contribution in [3.63, 3.8) is 0 Å². The van der Waals surface area contributed by atoms with Crippen molar-refractivity contribution in [2.24, 2.45) is 0 Å². The Balaban J connectivity index is 1.89. The molecule has 7 heteroatoms. The van der Waals surface area contributed by atoms with Gasteiger partial charge in [0.2, 0.25) is 0 Å². The summed E-state index contributed by atoms with van der Waals surface area (Å²) < 4.78 is 49.2. The Hall–Kier alpha value is -3.06. The molecule has 4 nitrogen and oxygen atoms in total. The molecule has 0 aromatic heterocycles. The van der Waals surface area contributed by atoms with Gasteiger partial charge in [0.15, 0.2) is 0 Å². The van der Waals surface area contributed by atoms with Gasteiger partial charge in [-0.05, 0) is 41.0 Å². The number of carboxylic acids is 1. The zero-order valence-corrected chi connectivity index (χ0v) is 14.6. The van der Waals surface area contributed by atoms with Crippen LogP contribution in [-0.2, 0) is 15.7 Å². The minimum atomic E-state index is -4.42. The van der Waals surface area contributed by atoms with E-state index in [-0.39, 0.29) is 6.10 Å². The zero-order valence-electron chi connectivity index (χ0n) is 14.6. The molecule has 1 aliphatic heterocycles. The Labute approximate surface area is 159 Å². The van der Waals surface area contributed by atoms with Crippen LogP contribution in [0.3, 0.4) is 0 Å². The first-order valence-electron chi connectivity index (χ1n) is 8.47. The molecule has 28 heavy (non-hydrogen) atoms. The van der Waals surface area contributed by atoms with E-state index in [1.165, 1.54) is 18.2 Å². The van der Waals surface area contributed by atoms with Gasteiger partial charge in [-0.3, -0.25) is 0 Å². The van der Waals surface area contributed by atoms with E-state index in [0.29, 0.717) is 35.7 Å². The van der Waals surface area contributed by atoms with Gasteiger partial charge in [-0.2, -0.15) is 13.2 Å². The molecule has 1 fully saturated rings. The molecule has 0 aliphatic carbocycles. The summed E-state index contributed by atoms with van der Waals surface area (Å²) in [5.41, 5.74) is 1.09. The van der Waals surface area contributed by atoms with Crippen LogP contribution in [-0.4, -0.2) is 30.4 Å². The van der Waals surface area contributed by atoms with Crippen molar-refractivity contribution in [1.82, 2.24) is 0 Å². The van der Waals surface area contributed by atoms with Crippen LogP contribution >= 0.6 is 0 Å². The largest absolute Gasteiger partial charge is 0.486 e. The average molecular weight is 390 g/mol. The van der Waals surface area contributed by atoms with E-state index in [1.807, 2.05) is 0 Å². The fourth-order valence-corrected chi connectivity index (χ4v) is 2.61. The highest BCUT2D eigenvalue weighted by Crippen LogP contribution is 2.32. The number of aliphatic carboxylic acids is 1. The summed E-state index contributed by atoms with van der Waals surface area (Å²) in [4.78, 5) is 10.7. The molecule has 2 aromatic rings. The normalized spacial score (nSPS) is 15.5. The van der Waals surface area contributed by atoms with Crippen molar-refractivity contribution in [1.29, 1.82) is 0 Å². The third-order valence-corrected chi connectivity index (χ3v) is 4.10. The fraction of sp³-hybridized carbons (Fsp3) is 0.190. The third-order valence-electron chi connectivity index (χ3n) is 4.10. The summed E-state index contributed by atoms with van der Waals surface area (Å²) in [5.74, 6) is -0.459. The number of ether oxygens (including phenoxy) is 2. The Morgan fingerprint density at radius 3 is 2.07 bits per heavy atom. The Bertz CT molecular complexity index is 877. The molecule has 1 aliphatic rings.